The van der Waals surface area contributed by atoms with Crippen LogP contribution in [0.5, 0.6) is 0 Å². The summed E-state index contributed by atoms with van der Waals surface area (Å²) >= 11 is 0. The number of allylic oxidation sites excluding steroid dienone is 2. The number of amides is 1. The molecule has 6 N–H and O–H groups in total. The summed E-state index contributed by atoms with van der Waals surface area (Å²) in [4.78, 5) is 37.0. The van der Waals surface area contributed by atoms with E-state index in [-0.39, 0.29) is 36.6 Å². The number of carbonyl (C=O) groups is 3. The second-order valence-corrected chi connectivity index (χ2v) is 10.9. The van der Waals surface area contributed by atoms with Crippen LogP contribution in [-0.2, 0) is 19.1 Å². The number of ketones is 2. The van der Waals surface area contributed by atoms with Gasteiger partial charge < -0.3 is 35.6 Å². The second-order valence-electron chi connectivity index (χ2n) is 10.9. The maximum Gasteiger partial charge on any atom is 0.251 e. The Bertz CT molecular complexity index is 745. The van der Waals surface area contributed by atoms with Crippen molar-refractivity contribution in [3.63, 3.8) is 0 Å². The van der Waals surface area contributed by atoms with Crippen molar-refractivity contribution in [2.75, 3.05) is 26.4 Å². The van der Waals surface area contributed by atoms with Gasteiger partial charge in [0.05, 0.1) is 13.2 Å². The van der Waals surface area contributed by atoms with Crippen LogP contribution in [0.3, 0.4) is 0 Å². The number of carbonyl (C=O) groups excluding carboxylic acids is 3. The minimum Gasteiger partial charge on any atom is -0.394 e. The van der Waals surface area contributed by atoms with Crippen molar-refractivity contribution in [1.82, 2.24) is 5.32 Å². The average molecular weight is 572 g/mol. The SMILES string of the molecule is CCCCCCCCCC/C=C/C1CC(=O)CC(CCCCOCCNC(=O)C(O)C(O)C(O)C(O)CO)C1=O. The maximum absolute atomic E-state index is 12.9. The van der Waals surface area contributed by atoms with Gasteiger partial charge in [-0.15, -0.1) is 0 Å². The van der Waals surface area contributed by atoms with Crippen LogP contribution in [0, 0.1) is 11.8 Å². The van der Waals surface area contributed by atoms with E-state index < -0.39 is 36.9 Å². The number of unbranched alkanes of at least 4 members (excludes halogenated alkanes) is 9. The molecule has 0 radical (unpaired) electrons. The molecular weight excluding hydrogens is 518 g/mol. The second kappa shape index (κ2) is 22.0. The molecule has 1 amide bonds. The first-order valence-corrected chi connectivity index (χ1v) is 15.1. The maximum atomic E-state index is 12.9. The van der Waals surface area contributed by atoms with E-state index in [1.165, 1.54) is 44.9 Å². The summed E-state index contributed by atoms with van der Waals surface area (Å²) in [6, 6.07) is 0. The van der Waals surface area contributed by atoms with Gasteiger partial charge >= 0.3 is 0 Å². The molecule has 6 atom stereocenters. The zero-order valence-electron chi connectivity index (χ0n) is 24.2. The zero-order chi connectivity index (χ0) is 29.8. The van der Waals surface area contributed by atoms with Gasteiger partial charge in [-0.05, 0) is 25.7 Å². The summed E-state index contributed by atoms with van der Waals surface area (Å²) in [5, 5.41) is 49.5. The lowest BCUT2D eigenvalue weighted by atomic mass is 9.77. The summed E-state index contributed by atoms with van der Waals surface area (Å²) in [5.41, 5.74) is 0. The van der Waals surface area contributed by atoms with E-state index in [0.717, 1.165) is 19.3 Å². The molecule has 1 fully saturated rings. The fourth-order valence-corrected chi connectivity index (χ4v) is 4.90. The lowest BCUT2D eigenvalue weighted by Gasteiger charge is -2.25. The molecule has 0 aromatic carbocycles. The van der Waals surface area contributed by atoms with Crippen molar-refractivity contribution in [2.24, 2.45) is 11.8 Å². The van der Waals surface area contributed by atoms with Crippen LogP contribution in [0.4, 0.5) is 0 Å². The number of nitrogens with one attached hydrogen (secondary N) is 1. The van der Waals surface area contributed by atoms with Gasteiger partial charge in [-0.25, -0.2) is 0 Å². The van der Waals surface area contributed by atoms with E-state index in [2.05, 4.69) is 18.3 Å². The lowest BCUT2D eigenvalue weighted by molar-refractivity contribution is -0.149. The molecule has 0 heterocycles. The van der Waals surface area contributed by atoms with Crippen LogP contribution >= 0.6 is 0 Å². The minimum absolute atomic E-state index is 0.0594. The van der Waals surface area contributed by atoms with Crippen LogP contribution in [0.1, 0.15) is 96.8 Å². The highest BCUT2D eigenvalue weighted by molar-refractivity contribution is 5.97. The molecule has 0 saturated heterocycles. The molecule has 0 spiro atoms. The van der Waals surface area contributed by atoms with E-state index in [4.69, 9.17) is 9.84 Å². The molecule has 0 aromatic rings. The first kappa shape index (κ1) is 36.3. The number of rotatable bonds is 23. The summed E-state index contributed by atoms with van der Waals surface area (Å²) in [6.45, 7) is 2.01. The summed E-state index contributed by atoms with van der Waals surface area (Å²) in [5.74, 6) is -1.19. The Morgan fingerprint density at radius 1 is 0.925 bits per heavy atom. The molecule has 1 saturated carbocycles. The average Bonchev–Trinajstić information content (AvgIpc) is 2.95. The summed E-state index contributed by atoms with van der Waals surface area (Å²) in [7, 11) is 0. The zero-order valence-corrected chi connectivity index (χ0v) is 24.2. The molecule has 10 nitrogen and oxygen atoms in total. The van der Waals surface area contributed by atoms with Crippen molar-refractivity contribution in [2.45, 2.75) is 121 Å². The molecule has 0 bridgehead atoms. The predicted octanol–water partition coefficient (Wildman–Crippen LogP) is 1.98. The van der Waals surface area contributed by atoms with E-state index in [9.17, 15) is 34.8 Å². The normalized spacial score (nSPS) is 20.9. The van der Waals surface area contributed by atoms with E-state index in [1.54, 1.807) is 0 Å². The highest BCUT2D eigenvalue weighted by atomic mass is 16.5. The summed E-state index contributed by atoms with van der Waals surface area (Å²) in [6.07, 6.45) is 10.3. The molecular formula is C30H53NO9. The summed E-state index contributed by atoms with van der Waals surface area (Å²) < 4.78 is 5.46. The Morgan fingerprint density at radius 3 is 2.27 bits per heavy atom. The molecule has 6 unspecified atom stereocenters. The molecule has 232 valence electrons. The standard InChI is InChI=1S/C30H53NO9/c1-2-3-4-5-6-7-8-9-10-11-14-22-19-24(33)20-23(26(22)35)15-12-13-17-40-18-16-31-30(39)29(38)28(37)27(36)25(34)21-32/h11,14,22-23,25,27-29,32,34,36-38H,2-10,12-13,15-21H2,1H3,(H,31,39)/b14-11+. The van der Waals surface area contributed by atoms with Crippen molar-refractivity contribution in [1.29, 1.82) is 0 Å². The largest absolute Gasteiger partial charge is 0.394 e. The Balaban J connectivity index is 2.18. The fraction of sp³-hybridized carbons (Fsp3) is 0.833. The molecule has 0 aliphatic heterocycles. The third-order valence-corrected chi connectivity index (χ3v) is 7.44. The Kier molecular flexibility index (Phi) is 20.0. The fourth-order valence-electron chi connectivity index (χ4n) is 4.90. The lowest BCUT2D eigenvalue weighted by Crippen LogP contribution is -2.52. The number of Topliss-reactive ketones (excluding diaryl/α,β-unsaturated/α-hetero) is 2. The van der Waals surface area contributed by atoms with Gasteiger partial charge in [0.2, 0.25) is 0 Å². The third-order valence-electron chi connectivity index (χ3n) is 7.44. The third kappa shape index (κ3) is 14.8. The van der Waals surface area contributed by atoms with Crippen LogP contribution in [0.25, 0.3) is 0 Å². The Labute approximate surface area is 239 Å². The van der Waals surface area contributed by atoms with Crippen molar-refractivity contribution in [3.05, 3.63) is 12.2 Å². The minimum atomic E-state index is -1.98. The molecule has 1 aliphatic rings. The molecule has 10 heteroatoms. The Morgan fingerprint density at radius 2 is 1.60 bits per heavy atom. The number of hydrogen-bond acceptors (Lipinski definition) is 9. The smallest absolute Gasteiger partial charge is 0.251 e. The van der Waals surface area contributed by atoms with Crippen molar-refractivity contribution < 1.29 is 44.7 Å². The van der Waals surface area contributed by atoms with Crippen molar-refractivity contribution >= 4 is 17.5 Å². The van der Waals surface area contributed by atoms with Crippen molar-refractivity contribution in [3.8, 4) is 0 Å². The van der Waals surface area contributed by atoms with Crippen LogP contribution in [0.2, 0.25) is 0 Å². The molecule has 40 heavy (non-hydrogen) atoms. The van der Waals surface area contributed by atoms with E-state index in [1.807, 2.05) is 6.08 Å². The number of aliphatic hydroxyl groups excluding tert-OH is 5. The number of hydrogen-bond donors (Lipinski definition) is 6. The van der Waals surface area contributed by atoms with Gasteiger partial charge in [0.1, 0.15) is 29.9 Å². The molecule has 1 aliphatic carbocycles. The van der Waals surface area contributed by atoms with Gasteiger partial charge in [0, 0.05) is 37.8 Å². The first-order valence-electron chi connectivity index (χ1n) is 15.1. The van der Waals surface area contributed by atoms with Gasteiger partial charge in [-0.1, -0.05) is 70.4 Å². The Hall–Kier alpha value is -1.69. The van der Waals surface area contributed by atoms with E-state index >= 15 is 0 Å². The molecule has 1 rings (SSSR count). The predicted molar refractivity (Wildman–Crippen MR) is 151 cm³/mol. The highest BCUT2D eigenvalue weighted by Gasteiger charge is 2.34. The van der Waals surface area contributed by atoms with Crippen LogP contribution in [-0.4, -0.2) is 93.8 Å². The number of aliphatic hydroxyl groups is 5. The van der Waals surface area contributed by atoms with E-state index in [0.29, 0.717) is 32.3 Å². The first-order chi connectivity index (χ1) is 19.2. The van der Waals surface area contributed by atoms with Gasteiger partial charge in [-0.2, -0.15) is 0 Å². The highest BCUT2D eigenvalue weighted by Crippen LogP contribution is 2.28. The molecule has 0 aromatic heterocycles. The topological polar surface area (TPSA) is 174 Å². The number of ether oxygens (including phenoxy) is 1. The van der Waals surface area contributed by atoms with Gasteiger partial charge in [-0.3, -0.25) is 14.4 Å². The van der Waals surface area contributed by atoms with Crippen LogP contribution < -0.4 is 5.32 Å². The van der Waals surface area contributed by atoms with Gasteiger partial charge in [0.15, 0.2) is 6.10 Å². The van der Waals surface area contributed by atoms with Gasteiger partial charge in [0.25, 0.3) is 5.91 Å². The monoisotopic (exact) mass is 571 g/mol. The quantitative estimate of drug-likeness (QED) is 0.0792. The van der Waals surface area contributed by atoms with Crippen LogP contribution in [0.15, 0.2) is 12.2 Å².